The van der Waals surface area contributed by atoms with Crippen LogP contribution in [0.2, 0.25) is 0 Å². The van der Waals surface area contributed by atoms with Gasteiger partial charge in [-0.3, -0.25) is 0 Å². The number of ether oxygens (including phenoxy) is 1. The number of aryl methyl sites for hydroxylation is 1. The first kappa shape index (κ1) is 12.4. The molecule has 3 nitrogen and oxygen atoms in total. The van der Waals surface area contributed by atoms with Gasteiger partial charge in [-0.15, -0.1) is 0 Å². The first-order chi connectivity index (χ1) is 8.69. The van der Waals surface area contributed by atoms with Crippen molar-refractivity contribution in [2.75, 3.05) is 11.9 Å². The van der Waals surface area contributed by atoms with Gasteiger partial charge in [0.25, 0.3) is 0 Å². The summed E-state index contributed by atoms with van der Waals surface area (Å²) in [5.41, 5.74) is 0.761. The molecule has 2 rings (SSSR count). The summed E-state index contributed by atoms with van der Waals surface area (Å²) in [6.45, 7) is 4.61. The van der Waals surface area contributed by atoms with Crippen molar-refractivity contribution >= 4 is 5.82 Å². The predicted molar refractivity (Wildman–Crippen MR) is 69.6 cm³/mol. The highest BCUT2D eigenvalue weighted by atomic mass is 19.1. The number of halogens is 1. The smallest absolute Gasteiger partial charge is 0.132 e. The van der Waals surface area contributed by atoms with E-state index in [0.717, 1.165) is 17.9 Å². The van der Waals surface area contributed by atoms with Crippen LogP contribution in [0.25, 0.3) is 0 Å². The van der Waals surface area contributed by atoms with Gasteiger partial charge >= 0.3 is 0 Å². The van der Waals surface area contributed by atoms with E-state index in [4.69, 9.17) is 4.74 Å². The van der Waals surface area contributed by atoms with Gasteiger partial charge in [-0.2, -0.15) is 0 Å². The molecular formula is C14H15FN2O. The van der Waals surface area contributed by atoms with Gasteiger partial charge in [0.2, 0.25) is 0 Å². The van der Waals surface area contributed by atoms with Gasteiger partial charge in [0.05, 0.1) is 0 Å². The van der Waals surface area contributed by atoms with E-state index < -0.39 is 0 Å². The number of pyridine rings is 1. The van der Waals surface area contributed by atoms with Crippen LogP contribution in [0.3, 0.4) is 0 Å². The van der Waals surface area contributed by atoms with E-state index in [9.17, 15) is 4.39 Å². The molecule has 0 aliphatic heterocycles. The Labute approximate surface area is 106 Å². The van der Waals surface area contributed by atoms with E-state index in [-0.39, 0.29) is 5.82 Å². The Kier molecular flexibility index (Phi) is 3.77. The standard InChI is InChI=1S/C14H15FN2O/c1-3-16-14-9-12(6-7-17-14)18-13-5-4-11(15)8-10(13)2/h4-9H,3H2,1-2H3,(H,16,17). The molecule has 1 aromatic carbocycles. The fourth-order valence-electron chi connectivity index (χ4n) is 1.61. The monoisotopic (exact) mass is 246 g/mol. The Bertz CT molecular complexity index is 543. The average molecular weight is 246 g/mol. The molecule has 0 aliphatic rings. The minimum atomic E-state index is -0.261. The fourth-order valence-corrected chi connectivity index (χ4v) is 1.61. The molecule has 0 atom stereocenters. The second-order valence-electron chi connectivity index (χ2n) is 3.92. The van der Waals surface area contributed by atoms with Crippen LogP contribution < -0.4 is 10.1 Å². The zero-order valence-corrected chi connectivity index (χ0v) is 10.4. The Morgan fingerprint density at radius 2 is 2.11 bits per heavy atom. The van der Waals surface area contributed by atoms with Crippen molar-refractivity contribution in [1.29, 1.82) is 0 Å². The van der Waals surface area contributed by atoms with Crippen LogP contribution >= 0.6 is 0 Å². The highest BCUT2D eigenvalue weighted by Crippen LogP contribution is 2.26. The maximum Gasteiger partial charge on any atom is 0.132 e. The Morgan fingerprint density at radius 3 is 2.83 bits per heavy atom. The Balaban J connectivity index is 2.20. The lowest BCUT2D eigenvalue weighted by Gasteiger charge is -2.09. The number of hydrogen-bond acceptors (Lipinski definition) is 3. The molecule has 18 heavy (non-hydrogen) atoms. The fraction of sp³-hybridized carbons (Fsp3) is 0.214. The lowest BCUT2D eigenvalue weighted by Crippen LogP contribution is -1.99. The zero-order valence-electron chi connectivity index (χ0n) is 10.4. The quantitative estimate of drug-likeness (QED) is 0.892. The molecule has 0 unspecified atom stereocenters. The summed E-state index contributed by atoms with van der Waals surface area (Å²) in [6, 6.07) is 8.03. The zero-order chi connectivity index (χ0) is 13.0. The third-order valence-electron chi connectivity index (χ3n) is 2.45. The molecule has 1 N–H and O–H groups in total. The molecule has 1 aromatic heterocycles. The van der Waals surface area contributed by atoms with E-state index in [1.165, 1.54) is 12.1 Å². The summed E-state index contributed by atoms with van der Waals surface area (Å²) < 4.78 is 18.7. The van der Waals surface area contributed by atoms with E-state index in [1.807, 2.05) is 19.9 Å². The van der Waals surface area contributed by atoms with Crippen LogP contribution in [0, 0.1) is 12.7 Å². The summed E-state index contributed by atoms with van der Waals surface area (Å²) >= 11 is 0. The number of nitrogens with one attached hydrogen (secondary N) is 1. The molecule has 0 saturated heterocycles. The minimum Gasteiger partial charge on any atom is -0.457 e. The van der Waals surface area contributed by atoms with Gasteiger partial charge in [-0.25, -0.2) is 9.37 Å². The molecule has 2 aromatic rings. The molecule has 0 radical (unpaired) electrons. The van der Waals surface area contributed by atoms with Crippen molar-refractivity contribution in [2.45, 2.75) is 13.8 Å². The summed E-state index contributed by atoms with van der Waals surface area (Å²) in [4.78, 5) is 4.16. The van der Waals surface area contributed by atoms with Gasteiger partial charge < -0.3 is 10.1 Å². The summed E-state index contributed by atoms with van der Waals surface area (Å²) in [5.74, 6) is 1.82. The number of rotatable bonds is 4. The second kappa shape index (κ2) is 5.49. The summed E-state index contributed by atoms with van der Waals surface area (Å²) in [6.07, 6.45) is 1.67. The number of benzene rings is 1. The van der Waals surface area contributed by atoms with E-state index in [1.54, 1.807) is 18.3 Å². The van der Waals surface area contributed by atoms with E-state index in [0.29, 0.717) is 11.5 Å². The molecule has 0 aliphatic carbocycles. The largest absolute Gasteiger partial charge is 0.457 e. The molecular weight excluding hydrogens is 231 g/mol. The van der Waals surface area contributed by atoms with Gasteiger partial charge in [-0.1, -0.05) is 0 Å². The normalized spacial score (nSPS) is 10.2. The molecule has 0 spiro atoms. The third kappa shape index (κ3) is 2.97. The molecule has 0 amide bonds. The van der Waals surface area contributed by atoms with Crippen molar-refractivity contribution < 1.29 is 9.13 Å². The highest BCUT2D eigenvalue weighted by Gasteiger charge is 2.03. The number of anilines is 1. The summed E-state index contributed by atoms with van der Waals surface area (Å²) in [5, 5.41) is 3.11. The third-order valence-corrected chi connectivity index (χ3v) is 2.45. The van der Waals surface area contributed by atoms with Crippen molar-refractivity contribution in [3.8, 4) is 11.5 Å². The first-order valence-electron chi connectivity index (χ1n) is 5.83. The van der Waals surface area contributed by atoms with Crippen molar-refractivity contribution in [1.82, 2.24) is 4.98 Å². The van der Waals surface area contributed by atoms with Crippen LogP contribution in [0.4, 0.5) is 10.2 Å². The van der Waals surface area contributed by atoms with E-state index in [2.05, 4.69) is 10.3 Å². The Hall–Kier alpha value is -2.10. The SMILES string of the molecule is CCNc1cc(Oc2ccc(F)cc2C)ccn1. The number of aromatic nitrogens is 1. The van der Waals surface area contributed by atoms with Gasteiger partial charge in [0.15, 0.2) is 0 Å². The lowest BCUT2D eigenvalue weighted by molar-refractivity contribution is 0.476. The molecule has 1 heterocycles. The predicted octanol–water partition coefficient (Wildman–Crippen LogP) is 3.75. The highest BCUT2D eigenvalue weighted by molar-refractivity contribution is 5.43. The lowest BCUT2D eigenvalue weighted by atomic mass is 10.2. The van der Waals surface area contributed by atoms with Crippen LogP contribution in [0.15, 0.2) is 36.5 Å². The topological polar surface area (TPSA) is 34.1 Å². The van der Waals surface area contributed by atoms with Crippen molar-refractivity contribution in [3.63, 3.8) is 0 Å². The van der Waals surface area contributed by atoms with Crippen molar-refractivity contribution in [2.24, 2.45) is 0 Å². The van der Waals surface area contributed by atoms with E-state index >= 15 is 0 Å². The van der Waals surface area contributed by atoms with Gasteiger partial charge in [0.1, 0.15) is 23.1 Å². The molecule has 0 bridgehead atoms. The molecule has 4 heteroatoms. The maximum absolute atomic E-state index is 13.0. The van der Waals surface area contributed by atoms with Crippen LogP contribution in [0.5, 0.6) is 11.5 Å². The van der Waals surface area contributed by atoms with Crippen LogP contribution in [-0.2, 0) is 0 Å². The summed E-state index contributed by atoms with van der Waals surface area (Å²) in [7, 11) is 0. The van der Waals surface area contributed by atoms with Crippen LogP contribution in [0.1, 0.15) is 12.5 Å². The minimum absolute atomic E-state index is 0.261. The van der Waals surface area contributed by atoms with Crippen LogP contribution in [-0.4, -0.2) is 11.5 Å². The average Bonchev–Trinajstić information content (AvgIpc) is 2.34. The van der Waals surface area contributed by atoms with Gasteiger partial charge in [0, 0.05) is 18.8 Å². The maximum atomic E-state index is 13.0. The molecule has 0 saturated carbocycles. The second-order valence-corrected chi connectivity index (χ2v) is 3.92. The number of nitrogens with zero attached hydrogens (tertiary/aromatic N) is 1. The van der Waals surface area contributed by atoms with Gasteiger partial charge in [-0.05, 0) is 43.7 Å². The Morgan fingerprint density at radius 1 is 1.28 bits per heavy atom. The number of hydrogen-bond donors (Lipinski definition) is 1. The molecule has 94 valence electrons. The first-order valence-corrected chi connectivity index (χ1v) is 5.83. The van der Waals surface area contributed by atoms with Crippen molar-refractivity contribution in [3.05, 3.63) is 47.9 Å². The molecule has 0 fully saturated rings.